The first-order valence-corrected chi connectivity index (χ1v) is 10.5. The molecule has 6 heteroatoms. The third-order valence-electron chi connectivity index (χ3n) is 5.20. The summed E-state index contributed by atoms with van der Waals surface area (Å²) in [6.07, 6.45) is 4.37. The van der Waals surface area contributed by atoms with Gasteiger partial charge in [-0.2, -0.15) is 0 Å². The van der Waals surface area contributed by atoms with Crippen molar-refractivity contribution in [3.63, 3.8) is 0 Å². The van der Waals surface area contributed by atoms with Crippen LogP contribution in [0.15, 0.2) is 47.6 Å². The van der Waals surface area contributed by atoms with Crippen LogP contribution in [0.4, 0.5) is 0 Å². The van der Waals surface area contributed by atoms with Crippen LogP contribution in [0.1, 0.15) is 36.6 Å². The number of benzene rings is 1. The maximum atomic E-state index is 6.06. The lowest BCUT2D eigenvalue weighted by Crippen LogP contribution is -2.38. The van der Waals surface area contributed by atoms with Crippen LogP contribution in [-0.2, 0) is 36.2 Å². The molecule has 1 aliphatic rings. The topological polar surface area (TPSA) is 51.0 Å². The minimum absolute atomic E-state index is 0.317. The summed E-state index contributed by atoms with van der Waals surface area (Å²) in [5, 5.41) is 3.40. The van der Waals surface area contributed by atoms with Gasteiger partial charge in [0, 0.05) is 45.7 Å². The van der Waals surface area contributed by atoms with Gasteiger partial charge < -0.3 is 24.3 Å². The Balaban J connectivity index is 1.58. The standard InChI is InChI=1S/C23H34N4O2/c1-4-24-23(27(3)17-21-9-6-12-26(21)2)25-16-19-7-5-8-20(15-19)18-29-22-10-13-28-14-11-22/h5-9,12,15,22H,4,10-11,13-14,16-18H2,1-3H3,(H,24,25). The van der Waals surface area contributed by atoms with Crippen molar-refractivity contribution in [2.75, 3.05) is 26.8 Å². The van der Waals surface area contributed by atoms with E-state index >= 15 is 0 Å². The maximum absolute atomic E-state index is 6.06. The normalized spacial score (nSPS) is 15.5. The summed E-state index contributed by atoms with van der Waals surface area (Å²) in [6.45, 7) is 6.66. The fourth-order valence-electron chi connectivity index (χ4n) is 3.49. The predicted octanol–water partition coefficient (Wildman–Crippen LogP) is 3.32. The van der Waals surface area contributed by atoms with Crippen LogP contribution in [0.3, 0.4) is 0 Å². The number of nitrogens with zero attached hydrogens (tertiary/aromatic N) is 3. The average Bonchev–Trinajstić information content (AvgIpc) is 3.15. The predicted molar refractivity (Wildman–Crippen MR) is 117 cm³/mol. The number of hydrogen-bond donors (Lipinski definition) is 1. The highest BCUT2D eigenvalue weighted by atomic mass is 16.5. The van der Waals surface area contributed by atoms with Gasteiger partial charge in [-0.1, -0.05) is 24.3 Å². The largest absolute Gasteiger partial charge is 0.381 e. The van der Waals surface area contributed by atoms with Gasteiger partial charge in [-0.15, -0.1) is 0 Å². The fraction of sp³-hybridized carbons (Fsp3) is 0.522. The Labute approximate surface area is 174 Å². The highest BCUT2D eigenvalue weighted by Gasteiger charge is 2.14. The number of aryl methyl sites for hydroxylation is 1. The maximum Gasteiger partial charge on any atom is 0.194 e. The van der Waals surface area contributed by atoms with E-state index in [1.54, 1.807) is 0 Å². The van der Waals surface area contributed by atoms with Gasteiger partial charge in [0.2, 0.25) is 0 Å². The van der Waals surface area contributed by atoms with Crippen molar-refractivity contribution in [1.29, 1.82) is 0 Å². The Morgan fingerprint density at radius 3 is 2.76 bits per heavy atom. The molecule has 1 aliphatic heterocycles. The van der Waals surface area contributed by atoms with Gasteiger partial charge in [0.15, 0.2) is 5.96 Å². The smallest absolute Gasteiger partial charge is 0.194 e. The van der Waals surface area contributed by atoms with Crippen molar-refractivity contribution in [3.05, 3.63) is 59.4 Å². The molecule has 0 amide bonds. The quantitative estimate of drug-likeness (QED) is 0.547. The molecule has 0 bridgehead atoms. The third-order valence-corrected chi connectivity index (χ3v) is 5.20. The molecule has 6 nitrogen and oxygen atoms in total. The summed E-state index contributed by atoms with van der Waals surface area (Å²) in [5.41, 5.74) is 3.65. The van der Waals surface area contributed by atoms with Crippen molar-refractivity contribution in [3.8, 4) is 0 Å². The molecule has 2 heterocycles. The number of guanidine groups is 1. The van der Waals surface area contributed by atoms with E-state index in [4.69, 9.17) is 14.5 Å². The SMILES string of the molecule is CCNC(=NCc1cccc(COC2CCOCC2)c1)N(C)Cc1cccn1C. The fourth-order valence-corrected chi connectivity index (χ4v) is 3.49. The molecule has 0 spiro atoms. The average molecular weight is 399 g/mol. The summed E-state index contributed by atoms with van der Waals surface area (Å²) >= 11 is 0. The number of aliphatic imine (C=N–C) groups is 1. The summed E-state index contributed by atoms with van der Waals surface area (Å²) in [7, 11) is 4.15. The van der Waals surface area contributed by atoms with Gasteiger partial charge in [0.05, 0.1) is 25.8 Å². The van der Waals surface area contributed by atoms with Crippen molar-refractivity contribution in [2.45, 2.75) is 45.6 Å². The van der Waals surface area contributed by atoms with Crippen LogP contribution >= 0.6 is 0 Å². The second-order valence-electron chi connectivity index (χ2n) is 7.58. The minimum Gasteiger partial charge on any atom is -0.381 e. The van der Waals surface area contributed by atoms with Gasteiger partial charge in [0.1, 0.15) is 0 Å². The highest BCUT2D eigenvalue weighted by Crippen LogP contribution is 2.15. The summed E-state index contributed by atoms with van der Waals surface area (Å²) in [4.78, 5) is 7.01. The van der Waals surface area contributed by atoms with Crippen molar-refractivity contribution in [1.82, 2.24) is 14.8 Å². The van der Waals surface area contributed by atoms with Gasteiger partial charge >= 0.3 is 0 Å². The Bertz CT molecular complexity index is 781. The molecule has 1 fully saturated rings. The van der Waals surface area contributed by atoms with Crippen molar-refractivity contribution in [2.24, 2.45) is 12.0 Å². The summed E-state index contributed by atoms with van der Waals surface area (Å²) < 4.78 is 13.6. The molecular weight excluding hydrogens is 364 g/mol. The van der Waals surface area contributed by atoms with E-state index < -0.39 is 0 Å². The van der Waals surface area contributed by atoms with Gasteiger partial charge in [-0.3, -0.25) is 0 Å². The number of hydrogen-bond acceptors (Lipinski definition) is 3. The summed E-state index contributed by atoms with van der Waals surface area (Å²) in [5.74, 6) is 0.914. The number of rotatable bonds is 8. The van der Waals surface area contributed by atoms with E-state index in [0.717, 1.165) is 45.1 Å². The first-order valence-electron chi connectivity index (χ1n) is 10.5. The van der Waals surface area contributed by atoms with E-state index in [1.165, 1.54) is 16.8 Å². The van der Waals surface area contributed by atoms with E-state index in [-0.39, 0.29) is 0 Å². The second-order valence-corrected chi connectivity index (χ2v) is 7.58. The molecule has 3 rings (SSSR count). The highest BCUT2D eigenvalue weighted by molar-refractivity contribution is 5.79. The molecule has 1 aromatic heterocycles. The van der Waals surface area contributed by atoms with E-state index in [9.17, 15) is 0 Å². The van der Waals surface area contributed by atoms with Gasteiger partial charge in [-0.25, -0.2) is 4.99 Å². The lowest BCUT2D eigenvalue weighted by atomic mass is 10.1. The molecule has 158 valence electrons. The minimum atomic E-state index is 0.317. The van der Waals surface area contributed by atoms with Crippen LogP contribution in [-0.4, -0.2) is 48.3 Å². The number of ether oxygens (including phenoxy) is 2. The van der Waals surface area contributed by atoms with E-state index in [0.29, 0.717) is 19.3 Å². The van der Waals surface area contributed by atoms with Crippen LogP contribution in [0.2, 0.25) is 0 Å². The molecule has 0 aliphatic carbocycles. The third kappa shape index (κ3) is 6.61. The van der Waals surface area contributed by atoms with Crippen LogP contribution in [0, 0.1) is 0 Å². The van der Waals surface area contributed by atoms with E-state index in [1.807, 2.05) is 0 Å². The molecule has 2 aromatic rings. The van der Waals surface area contributed by atoms with Crippen LogP contribution in [0.25, 0.3) is 0 Å². The Morgan fingerprint density at radius 1 is 1.24 bits per heavy atom. The number of nitrogens with one attached hydrogen (secondary N) is 1. The molecule has 29 heavy (non-hydrogen) atoms. The molecule has 0 radical (unpaired) electrons. The lowest BCUT2D eigenvalue weighted by molar-refractivity contribution is -0.0390. The van der Waals surface area contributed by atoms with Gasteiger partial charge in [-0.05, 0) is 43.0 Å². The molecule has 1 N–H and O–H groups in total. The van der Waals surface area contributed by atoms with E-state index in [2.05, 4.69) is 78.4 Å². The molecule has 0 saturated carbocycles. The van der Waals surface area contributed by atoms with Crippen LogP contribution < -0.4 is 5.32 Å². The van der Waals surface area contributed by atoms with Crippen molar-refractivity contribution >= 4 is 5.96 Å². The zero-order valence-electron chi connectivity index (χ0n) is 17.9. The second kappa shape index (κ2) is 11.0. The zero-order valence-corrected chi connectivity index (χ0v) is 17.9. The molecule has 1 aromatic carbocycles. The van der Waals surface area contributed by atoms with Gasteiger partial charge in [0.25, 0.3) is 0 Å². The first-order chi connectivity index (χ1) is 14.2. The Morgan fingerprint density at radius 2 is 2.03 bits per heavy atom. The van der Waals surface area contributed by atoms with Crippen molar-refractivity contribution < 1.29 is 9.47 Å². The monoisotopic (exact) mass is 398 g/mol. The molecule has 0 unspecified atom stereocenters. The lowest BCUT2D eigenvalue weighted by Gasteiger charge is -2.23. The Hall–Kier alpha value is -2.31. The van der Waals surface area contributed by atoms with Crippen LogP contribution in [0.5, 0.6) is 0 Å². The number of aromatic nitrogens is 1. The molecular formula is C23H34N4O2. The zero-order chi connectivity index (χ0) is 20.5. The first kappa shape index (κ1) is 21.4. The molecule has 0 atom stereocenters. The summed E-state index contributed by atoms with van der Waals surface area (Å²) in [6, 6.07) is 12.8. The Kier molecular flexibility index (Phi) is 8.14. The molecule has 1 saturated heterocycles.